The van der Waals surface area contributed by atoms with Crippen LogP contribution in [0.4, 0.5) is 15.4 Å². The molecule has 0 spiro atoms. The minimum atomic E-state index is -1.08. The lowest BCUT2D eigenvalue weighted by Crippen LogP contribution is -2.70. The summed E-state index contributed by atoms with van der Waals surface area (Å²) in [6.07, 6.45) is 4.71. The third-order valence-electron chi connectivity index (χ3n) is 7.57. The Morgan fingerprint density at radius 1 is 1.10 bits per heavy atom. The third-order valence-corrected chi connectivity index (χ3v) is 7.57. The fourth-order valence-corrected chi connectivity index (χ4v) is 5.34. The van der Waals surface area contributed by atoms with Crippen LogP contribution >= 0.6 is 0 Å². The predicted octanol–water partition coefficient (Wildman–Crippen LogP) is 4.23. The first-order valence-electron chi connectivity index (χ1n) is 14.5. The highest BCUT2D eigenvalue weighted by atomic mass is 16.7. The first kappa shape index (κ1) is 32.3. The van der Waals surface area contributed by atoms with Gasteiger partial charge in [-0.1, -0.05) is 33.1 Å². The van der Waals surface area contributed by atoms with Gasteiger partial charge in [0.25, 0.3) is 0 Å². The molecule has 2 heterocycles. The molecule has 0 aromatic carbocycles. The molecule has 3 rings (SSSR count). The number of imide groups is 1. The van der Waals surface area contributed by atoms with Crippen molar-refractivity contribution in [3.05, 3.63) is 23.9 Å². The van der Waals surface area contributed by atoms with Crippen LogP contribution in [0.1, 0.15) is 72.3 Å². The summed E-state index contributed by atoms with van der Waals surface area (Å²) in [4.78, 5) is 56.0. The van der Waals surface area contributed by atoms with E-state index in [1.165, 1.54) is 31.6 Å². The number of ether oxygens (including phenoxy) is 4. The lowest BCUT2D eigenvalue weighted by atomic mass is 9.81. The first-order valence-corrected chi connectivity index (χ1v) is 14.5. The standard InChI is InChI=1S/C29H44N4O8/c1-7-39-27(38-6)24-22(25(34)33(24)28(36)31-18(4)21-11-9-8-10-12-21)15-20-13-14-30-23(16-20)32-29(37)41-19(5)40-26(35)17(2)3/h13-14,16-19,21-22,24,27H,7-12,15H2,1-6H3,(H,31,36)(H,30,32,37)/t18?,19?,22-,24?,27?/m1/s1. The fourth-order valence-electron chi connectivity index (χ4n) is 5.34. The van der Waals surface area contributed by atoms with Crippen molar-refractivity contribution < 1.29 is 38.1 Å². The zero-order chi connectivity index (χ0) is 30.1. The van der Waals surface area contributed by atoms with Crippen molar-refractivity contribution in [1.29, 1.82) is 0 Å². The van der Waals surface area contributed by atoms with E-state index in [9.17, 15) is 19.2 Å². The number of rotatable bonds is 12. The number of nitrogens with one attached hydrogen (secondary N) is 2. The Bertz CT molecular complexity index is 1060. The maximum Gasteiger partial charge on any atom is 0.415 e. The molecule has 1 saturated heterocycles. The maximum atomic E-state index is 13.3. The van der Waals surface area contributed by atoms with Crippen LogP contribution in [-0.4, -0.2) is 72.3 Å². The number of hydrogen-bond acceptors (Lipinski definition) is 9. The van der Waals surface area contributed by atoms with Crippen LogP contribution in [-0.2, 0) is 35.0 Å². The molecule has 0 radical (unpaired) electrons. The van der Waals surface area contributed by atoms with E-state index >= 15 is 0 Å². The van der Waals surface area contributed by atoms with Gasteiger partial charge in [-0.05, 0) is 56.7 Å². The van der Waals surface area contributed by atoms with Crippen LogP contribution in [0.15, 0.2) is 18.3 Å². The van der Waals surface area contributed by atoms with E-state index in [0.29, 0.717) is 18.1 Å². The highest BCUT2D eigenvalue weighted by Gasteiger charge is 2.55. The minimum Gasteiger partial charge on any atom is -0.425 e. The molecular weight excluding hydrogens is 532 g/mol. The van der Waals surface area contributed by atoms with Gasteiger partial charge in [0.1, 0.15) is 11.9 Å². The summed E-state index contributed by atoms with van der Waals surface area (Å²) in [6, 6.07) is 2.23. The molecule has 41 heavy (non-hydrogen) atoms. The van der Waals surface area contributed by atoms with Gasteiger partial charge in [-0.3, -0.25) is 19.8 Å². The van der Waals surface area contributed by atoms with Crippen LogP contribution in [0.3, 0.4) is 0 Å². The molecule has 1 aliphatic heterocycles. The van der Waals surface area contributed by atoms with Crippen molar-refractivity contribution in [2.45, 2.75) is 97.8 Å². The van der Waals surface area contributed by atoms with Gasteiger partial charge in [-0.2, -0.15) is 0 Å². The molecule has 228 valence electrons. The zero-order valence-corrected chi connectivity index (χ0v) is 24.9. The normalized spacial score (nSPS) is 21.4. The third kappa shape index (κ3) is 8.62. The van der Waals surface area contributed by atoms with Crippen molar-refractivity contribution in [1.82, 2.24) is 15.2 Å². The number of likely N-dealkylation sites (tertiary alicyclic amines) is 1. The minimum absolute atomic E-state index is 0.0476. The Morgan fingerprint density at radius 2 is 1.80 bits per heavy atom. The number of β-lactam (4-membered cyclic amide) rings is 1. The molecule has 5 atom stereocenters. The number of nitrogens with zero attached hydrogens (tertiary/aromatic N) is 2. The average molecular weight is 577 g/mol. The molecule has 1 saturated carbocycles. The van der Waals surface area contributed by atoms with Crippen LogP contribution in [0, 0.1) is 17.8 Å². The lowest BCUT2D eigenvalue weighted by Gasteiger charge is -2.48. The first-order chi connectivity index (χ1) is 19.5. The summed E-state index contributed by atoms with van der Waals surface area (Å²) < 4.78 is 21.4. The van der Waals surface area contributed by atoms with Crippen molar-refractivity contribution in [3.63, 3.8) is 0 Å². The number of amides is 4. The summed E-state index contributed by atoms with van der Waals surface area (Å²) >= 11 is 0. The Labute approximate surface area is 241 Å². The Kier molecular flexibility index (Phi) is 11.9. The highest BCUT2D eigenvalue weighted by Crippen LogP contribution is 2.35. The SMILES string of the molecule is CCOC(OC)C1[C@@H](Cc2ccnc(NC(=O)OC(C)OC(=O)C(C)C)c2)C(=O)N1C(=O)NC(C)C1CCCCC1. The molecular formula is C29H44N4O8. The molecule has 1 aliphatic carbocycles. The number of carbonyl (C=O) groups excluding carboxylic acids is 4. The number of esters is 1. The van der Waals surface area contributed by atoms with E-state index in [2.05, 4.69) is 15.6 Å². The summed E-state index contributed by atoms with van der Waals surface area (Å²) in [7, 11) is 1.49. The summed E-state index contributed by atoms with van der Waals surface area (Å²) in [6.45, 7) is 8.95. The van der Waals surface area contributed by atoms with E-state index in [-0.39, 0.29) is 30.1 Å². The van der Waals surface area contributed by atoms with Gasteiger partial charge < -0.3 is 24.3 Å². The molecule has 2 N–H and O–H groups in total. The van der Waals surface area contributed by atoms with E-state index in [1.807, 2.05) is 13.8 Å². The molecule has 4 amide bonds. The number of urea groups is 1. The van der Waals surface area contributed by atoms with Crippen molar-refractivity contribution in [2.75, 3.05) is 19.0 Å². The molecule has 0 bridgehead atoms. The number of carbonyl (C=O) groups is 4. The molecule has 2 fully saturated rings. The van der Waals surface area contributed by atoms with Gasteiger partial charge >= 0.3 is 18.1 Å². The second kappa shape index (κ2) is 15.1. The van der Waals surface area contributed by atoms with Gasteiger partial charge in [-0.15, -0.1) is 0 Å². The maximum absolute atomic E-state index is 13.3. The summed E-state index contributed by atoms with van der Waals surface area (Å²) in [5.41, 5.74) is 0.708. The number of hydrogen-bond donors (Lipinski definition) is 2. The average Bonchev–Trinajstić information content (AvgIpc) is 2.93. The summed E-state index contributed by atoms with van der Waals surface area (Å²) in [5.74, 6) is -1.16. The molecule has 12 heteroatoms. The molecule has 1 aromatic heterocycles. The smallest absolute Gasteiger partial charge is 0.415 e. The topological polar surface area (TPSA) is 145 Å². The van der Waals surface area contributed by atoms with E-state index in [0.717, 1.165) is 25.7 Å². The summed E-state index contributed by atoms with van der Waals surface area (Å²) in [5, 5.41) is 5.54. The number of methoxy groups -OCH3 is 1. The van der Waals surface area contributed by atoms with E-state index in [4.69, 9.17) is 18.9 Å². The second-order valence-corrected chi connectivity index (χ2v) is 10.9. The van der Waals surface area contributed by atoms with Gasteiger partial charge in [0.2, 0.25) is 12.2 Å². The molecule has 4 unspecified atom stereocenters. The van der Waals surface area contributed by atoms with E-state index < -0.39 is 42.6 Å². The van der Waals surface area contributed by atoms with Crippen LogP contribution in [0.5, 0.6) is 0 Å². The van der Waals surface area contributed by atoms with Gasteiger partial charge in [-0.25, -0.2) is 14.6 Å². The van der Waals surface area contributed by atoms with E-state index in [1.54, 1.807) is 26.0 Å². The molecule has 12 nitrogen and oxygen atoms in total. The monoisotopic (exact) mass is 576 g/mol. The van der Waals surface area contributed by atoms with Crippen molar-refractivity contribution in [3.8, 4) is 0 Å². The zero-order valence-electron chi connectivity index (χ0n) is 24.9. The van der Waals surface area contributed by atoms with Crippen LogP contribution in [0.25, 0.3) is 0 Å². The Hall–Kier alpha value is -3.25. The lowest BCUT2D eigenvalue weighted by molar-refractivity contribution is -0.200. The Morgan fingerprint density at radius 3 is 2.44 bits per heavy atom. The fraction of sp³-hybridized carbons (Fsp3) is 0.690. The number of pyridine rings is 1. The molecule has 2 aliphatic rings. The quantitative estimate of drug-likeness (QED) is 0.212. The van der Waals surface area contributed by atoms with Gasteiger partial charge in [0.05, 0.1) is 11.8 Å². The van der Waals surface area contributed by atoms with Gasteiger partial charge in [0, 0.05) is 32.9 Å². The van der Waals surface area contributed by atoms with Crippen LogP contribution in [0.2, 0.25) is 0 Å². The highest BCUT2D eigenvalue weighted by molar-refractivity contribution is 6.01. The van der Waals surface area contributed by atoms with Crippen LogP contribution < -0.4 is 10.6 Å². The number of aromatic nitrogens is 1. The predicted molar refractivity (Wildman–Crippen MR) is 150 cm³/mol. The second-order valence-electron chi connectivity index (χ2n) is 10.9. The largest absolute Gasteiger partial charge is 0.425 e. The van der Waals surface area contributed by atoms with Gasteiger partial charge in [0.15, 0.2) is 6.29 Å². The van der Waals surface area contributed by atoms with Crippen molar-refractivity contribution in [2.24, 2.45) is 17.8 Å². The number of anilines is 1. The van der Waals surface area contributed by atoms with Crippen molar-refractivity contribution >= 4 is 29.8 Å². The molecule has 1 aromatic rings. The Balaban J connectivity index is 1.66.